The van der Waals surface area contributed by atoms with Crippen molar-refractivity contribution in [3.05, 3.63) is 54.1 Å². The molecule has 0 fully saturated rings. The Hall–Kier alpha value is -2.89. The molecule has 0 radical (unpaired) electrons. The van der Waals surface area contributed by atoms with Crippen LogP contribution in [0.4, 0.5) is 11.4 Å². The van der Waals surface area contributed by atoms with Gasteiger partial charge >= 0.3 is 0 Å². The van der Waals surface area contributed by atoms with E-state index in [1.807, 2.05) is 6.07 Å². The summed E-state index contributed by atoms with van der Waals surface area (Å²) in [5.41, 5.74) is 1.68. The van der Waals surface area contributed by atoms with Crippen molar-refractivity contribution in [2.75, 3.05) is 30.3 Å². The van der Waals surface area contributed by atoms with Gasteiger partial charge in [0.05, 0.1) is 23.1 Å². The normalized spacial score (nSPS) is 11.0. The molecule has 7 nitrogen and oxygen atoms in total. The maximum atomic E-state index is 12.4. The molecule has 0 aromatic heterocycles. The molecule has 0 aliphatic carbocycles. The molecule has 2 aromatic carbocycles. The fourth-order valence-electron chi connectivity index (χ4n) is 2.51. The van der Waals surface area contributed by atoms with Gasteiger partial charge < -0.3 is 10.6 Å². The molecule has 2 aromatic rings. The van der Waals surface area contributed by atoms with Crippen LogP contribution < -0.4 is 10.6 Å². The monoisotopic (exact) mass is 386 g/mol. The maximum Gasteiger partial charge on any atom is 0.243 e. The second-order valence-electron chi connectivity index (χ2n) is 5.71. The van der Waals surface area contributed by atoms with Gasteiger partial charge in [-0.25, -0.2) is 8.42 Å². The predicted molar refractivity (Wildman–Crippen MR) is 105 cm³/mol. The summed E-state index contributed by atoms with van der Waals surface area (Å²) < 4.78 is 26.3. The summed E-state index contributed by atoms with van der Waals surface area (Å²) >= 11 is 0. The quantitative estimate of drug-likeness (QED) is 0.726. The van der Waals surface area contributed by atoms with Crippen LogP contribution in [0.2, 0.25) is 0 Å². The molecule has 0 aliphatic rings. The Balaban J connectivity index is 1.97. The molecule has 0 unspecified atom stereocenters. The lowest BCUT2D eigenvalue weighted by Gasteiger charge is -2.18. The Morgan fingerprint density at radius 3 is 2.33 bits per heavy atom. The fraction of sp³-hybridized carbons (Fsp3) is 0.263. The van der Waals surface area contributed by atoms with Gasteiger partial charge in [0.15, 0.2) is 0 Å². The number of sulfonamides is 1. The van der Waals surface area contributed by atoms with E-state index in [0.717, 1.165) is 0 Å². The minimum Gasteiger partial charge on any atom is -0.376 e. The number of hydrogen-bond donors (Lipinski definition) is 2. The SMILES string of the molecule is CCN(CC)S(=O)(=O)c1ccc(NC(=O)CNc2cccc(C#N)c2)cc1. The minimum absolute atomic E-state index is 0.0222. The van der Waals surface area contributed by atoms with Gasteiger partial charge in [0.25, 0.3) is 0 Å². The van der Waals surface area contributed by atoms with Gasteiger partial charge in [0.2, 0.25) is 15.9 Å². The molecule has 8 heteroatoms. The maximum absolute atomic E-state index is 12.4. The van der Waals surface area contributed by atoms with Crippen molar-refractivity contribution in [1.29, 1.82) is 5.26 Å². The van der Waals surface area contributed by atoms with Crippen molar-refractivity contribution in [2.45, 2.75) is 18.7 Å². The molecule has 0 aliphatic heterocycles. The molecular formula is C19H22N4O3S. The van der Waals surface area contributed by atoms with E-state index in [0.29, 0.717) is 30.0 Å². The van der Waals surface area contributed by atoms with Crippen molar-refractivity contribution in [3.63, 3.8) is 0 Å². The summed E-state index contributed by atoms with van der Waals surface area (Å²) in [5.74, 6) is -0.281. The van der Waals surface area contributed by atoms with Crippen LogP contribution in [0.25, 0.3) is 0 Å². The lowest BCUT2D eigenvalue weighted by atomic mass is 10.2. The Labute approximate surface area is 159 Å². The largest absolute Gasteiger partial charge is 0.376 e. The van der Waals surface area contributed by atoms with Crippen LogP contribution in [0.1, 0.15) is 19.4 Å². The summed E-state index contributed by atoms with van der Waals surface area (Å²) in [6.07, 6.45) is 0. The van der Waals surface area contributed by atoms with Crippen molar-refractivity contribution in [2.24, 2.45) is 0 Å². The summed E-state index contributed by atoms with van der Waals surface area (Å²) in [4.78, 5) is 12.2. The van der Waals surface area contributed by atoms with Crippen molar-refractivity contribution < 1.29 is 13.2 Å². The van der Waals surface area contributed by atoms with E-state index in [9.17, 15) is 13.2 Å². The third kappa shape index (κ3) is 5.29. The minimum atomic E-state index is -3.52. The van der Waals surface area contributed by atoms with Gasteiger partial charge in [-0.1, -0.05) is 19.9 Å². The van der Waals surface area contributed by atoms with Crippen LogP contribution >= 0.6 is 0 Å². The summed E-state index contributed by atoms with van der Waals surface area (Å²) in [5, 5.41) is 14.5. The molecule has 1 amide bonds. The van der Waals surface area contributed by atoms with E-state index in [1.165, 1.54) is 16.4 Å². The Morgan fingerprint density at radius 2 is 1.74 bits per heavy atom. The first-order valence-corrected chi connectivity index (χ1v) is 9.98. The fourth-order valence-corrected chi connectivity index (χ4v) is 3.97. The zero-order chi connectivity index (χ0) is 19.9. The smallest absolute Gasteiger partial charge is 0.243 e. The van der Waals surface area contributed by atoms with Crippen LogP contribution in [0.3, 0.4) is 0 Å². The molecule has 27 heavy (non-hydrogen) atoms. The predicted octanol–water partition coefficient (Wildman–Crippen LogP) is 2.64. The highest BCUT2D eigenvalue weighted by molar-refractivity contribution is 7.89. The van der Waals surface area contributed by atoms with Crippen LogP contribution in [0, 0.1) is 11.3 Å². The molecule has 2 N–H and O–H groups in total. The standard InChI is InChI=1S/C19H22N4O3S/c1-3-23(4-2)27(25,26)18-10-8-16(9-11-18)22-19(24)14-21-17-7-5-6-15(12-17)13-20/h5-12,21H,3-4,14H2,1-2H3,(H,22,24). The number of anilines is 2. The van der Waals surface area contributed by atoms with Crippen molar-refractivity contribution >= 4 is 27.3 Å². The number of nitrogens with zero attached hydrogens (tertiary/aromatic N) is 2. The third-order valence-corrected chi connectivity index (χ3v) is 5.99. The second-order valence-corrected chi connectivity index (χ2v) is 7.65. The van der Waals surface area contributed by atoms with E-state index in [-0.39, 0.29) is 17.3 Å². The van der Waals surface area contributed by atoms with E-state index >= 15 is 0 Å². The Morgan fingerprint density at radius 1 is 1.07 bits per heavy atom. The topological polar surface area (TPSA) is 102 Å². The molecule has 0 saturated heterocycles. The molecule has 2 rings (SSSR count). The summed E-state index contributed by atoms with van der Waals surface area (Å²) in [6, 6.07) is 14.9. The van der Waals surface area contributed by atoms with Crippen LogP contribution in [-0.2, 0) is 14.8 Å². The highest BCUT2D eigenvalue weighted by atomic mass is 32.2. The Kier molecular flexibility index (Phi) is 6.93. The van der Waals surface area contributed by atoms with Gasteiger partial charge in [0.1, 0.15) is 0 Å². The molecule has 0 spiro atoms. The van der Waals surface area contributed by atoms with E-state index < -0.39 is 10.0 Å². The highest BCUT2D eigenvalue weighted by Gasteiger charge is 2.21. The first-order chi connectivity index (χ1) is 12.9. The van der Waals surface area contributed by atoms with Crippen LogP contribution in [-0.4, -0.2) is 38.3 Å². The summed E-state index contributed by atoms with van der Waals surface area (Å²) in [6.45, 7) is 4.39. The molecule has 0 bridgehead atoms. The third-order valence-electron chi connectivity index (χ3n) is 3.93. The zero-order valence-electron chi connectivity index (χ0n) is 15.3. The van der Waals surface area contributed by atoms with Crippen molar-refractivity contribution in [3.8, 4) is 6.07 Å². The van der Waals surface area contributed by atoms with Crippen LogP contribution in [0.15, 0.2) is 53.4 Å². The number of nitrogens with one attached hydrogen (secondary N) is 2. The molecule has 142 valence electrons. The van der Waals surface area contributed by atoms with Gasteiger partial charge in [-0.3, -0.25) is 4.79 Å². The van der Waals surface area contributed by atoms with Gasteiger partial charge in [0, 0.05) is 24.5 Å². The van der Waals surface area contributed by atoms with Gasteiger partial charge in [-0.2, -0.15) is 9.57 Å². The second kappa shape index (κ2) is 9.16. The zero-order valence-corrected chi connectivity index (χ0v) is 16.1. The highest BCUT2D eigenvalue weighted by Crippen LogP contribution is 2.18. The van der Waals surface area contributed by atoms with Crippen LogP contribution in [0.5, 0.6) is 0 Å². The number of carbonyl (C=O) groups excluding carboxylic acids is 1. The van der Waals surface area contributed by atoms with E-state index in [1.54, 1.807) is 50.2 Å². The van der Waals surface area contributed by atoms with E-state index in [2.05, 4.69) is 10.6 Å². The van der Waals surface area contributed by atoms with E-state index in [4.69, 9.17) is 5.26 Å². The molecule has 0 saturated carbocycles. The average Bonchev–Trinajstić information content (AvgIpc) is 2.67. The molecule has 0 atom stereocenters. The number of amides is 1. The number of carbonyl (C=O) groups is 1. The Bertz CT molecular complexity index is 930. The number of nitriles is 1. The first-order valence-electron chi connectivity index (χ1n) is 8.54. The summed E-state index contributed by atoms with van der Waals surface area (Å²) in [7, 11) is -3.52. The number of rotatable bonds is 8. The molecule has 0 heterocycles. The lowest BCUT2D eigenvalue weighted by Crippen LogP contribution is -2.30. The lowest BCUT2D eigenvalue weighted by molar-refractivity contribution is -0.114. The average molecular weight is 386 g/mol. The van der Waals surface area contributed by atoms with Crippen molar-refractivity contribution in [1.82, 2.24) is 4.31 Å². The number of benzene rings is 2. The van der Waals surface area contributed by atoms with Gasteiger partial charge in [-0.15, -0.1) is 0 Å². The molecular weight excluding hydrogens is 364 g/mol. The number of hydrogen-bond acceptors (Lipinski definition) is 5. The van der Waals surface area contributed by atoms with Gasteiger partial charge in [-0.05, 0) is 42.5 Å². The first kappa shape index (κ1) is 20.4.